The molecule has 3 heterocycles. The molecule has 0 aliphatic carbocycles. The molecule has 3 aromatic rings. The van der Waals surface area contributed by atoms with Gasteiger partial charge in [-0.1, -0.05) is 23.4 Å². The second kappa shape index (κ2) is 10.2. The van der Waals surface area contributed by atoms with Gasteiger partial charge in [-0.2, -0.15) is 0 Å². The lowest BCUT2D eigenvalue weighted by Crippen LogP contribution is -2.40. The van der Waals surface area contributed by atoms with Gasteiger partial charge in [0.2, 0.25) is 0 Å². The summed E-state index contributed by atoms with van der Waals surface area (Å²) in [5, 5.41) is 4.09. The van der Waals surface area contributed by atoms with Gasteiger partial charge < -0.3 is 19.1 Å². The number of ether oxygens (including phenoxy) is 1. The first kappa shape index (κ1) is 23.0. The number of likely N-dealkylation sites (tertiary alicyclic amines) is 1. The van der Waals surface area contributed by atoms with E-state index in [1.54, 1.807) is 7.11 Å². The molecule has 174 valence electrons. The quantitative estimate of drug-likeness (QED) is 0.543. The average molecular weight is 449 g/mol. The maximum absolute atomic E-state index is 13.3. The molecule has 0 saturated carbocycles. The fourth-order valence-corrected chi connectivity index (χ4v) is 4.41. The zero-order chi connectivity index (χ0) is 23.4. The number of carbonyl (C=O) groups excluding carboxylic acids is 1. The van der Waals surface area contributed by atoms with Crippen LogP contribution in [0.5, 0.6) is 5.75 Å². The van der Waals surface area contributed by atoms with Gasteiger partial charge in [-0.05, 0) is 69.6 Å². The molecule has 0 spiro atoms. The maximum atomic E-state index is 13.3. The number of methoxy groups -OCH3 is 1. The highest BCUT2D eigenvalue weighted by atomic mass is 16.5. The number of aromatic nitrogens is 2. The zero-order valence-corrected chi connectivity index (χ0v) is 19.9. The first-order valence-electron chi connectivity index (χ1n) is 11.4. The Labute approximate surface area is 195 Å². The standard InChI is InChI=1S/C26H32N4O3/c1-18-23(17-29(2)3)25(28-33-18)26(31)30-12-6-8-21(16-30)24-11-10-20(15-27-24)13-19-7-5-9-22(14-19)32-4/h5,7,9-11,14-15,21H,6,8,12-13,16-17H2,1-4H3/t21-/m1/s1. The van der Waals surface area contributed by atoms with E-state index in [0.29, 0.717) is 24.5 Å². The number of pyridine rings is 1. The third-order valence-electron chi connectivity index (χ3n) is 6.18. The van der Waals surface area contributed by atoms with Crippen molar-refractivity contribution in [3.63, 3.8) is 0 Å². The van der Waals surface area contributed by atoms with E-state index >= 15 is 0 Å². The SMILES string of the molecule is COc1cccc(Cc2ccc([C@@H]3CCCN(C(=O)c4noc(C)c4CN(C)C)C3)nc2)c1. The number of hydrogen-bond acceptors (Lipinski definition) is 6. The summed E-state index contributed by atoms with van der Waals surface area (Å²) in [5.74, 6) is 1.73. The molecule has 1 aliphatic heterocycles. The van der Waals surface area contributed by atoms with Gasteiger partial charge in [-0.3, -0.25) is 9.78 Å². The summed E-state index contributed by atoms with van der Waals surface area (Å²) in [6.45, 7) is 3.87. The number of rotatable bonds is 7. The molecule has 1 aromatic carbocycles. The monoisotopic (exact) mass is 448 g/mol. The van der Waals surface area contributed by atoms with E-state index < -0.39 is 0 Å². The van der Waals surface area contributed by atoms with Crippen molar-refractivity contribution in [2.75, 3.05) is 34.3 Å². The number of nitrogens with zero attached hydrogens (tertiary/aromatic N) is 4. The van der Waals surface area contributed by atoms with Crippen molar-refractivity contribution in [1.82, 2.24) is 19.9 Å². The predicted octanol–water partition coefficient (Wildman–Crippen LogP) is 4.06. The van der Waals surface area contributed by atoms with E-state index in [0.717, 1.165) is 48.4 Å². The van der Waals surface area contributed by atoms with Gasteiger partial charge in [-0.25, -0.2) is 0 Å². The molecule has 0 radical (unpaired) electrons. The van der Waals surface area contributed by atoms with Crippen LogP contribution in [0.25, 0.3) is 0 Å². The Hall–Kier alpha value is -3.19. The van der Waals surface area contributed by atoms with E-state index in [-0.39, 0.29) is 11.8 Å². The van der Waals surface area contributed by atoms with E-state index in [1.807, 2.05) is 49.1 Å². The summed E-state index contributed by atoms with van der Waals surface area (Å²) in [5.41, 5.74) is 4.68. The van der Waals surface area contributed by atoms with Crippen molar-refractivity contribution in [3.05, 3.63) is 76.4 Å². The summed E-state index contributed by atoms with van der Waals surface area (Å²) in [6, 6.07) is 12.3. The highest BCUT2D eigenvalue weighted by molar-refractivity contribution is 5.94. The molecule has 4 rings (SSSR count). The van der Waals surface area contributed by atoms with Crippen molar-refractivity contribution in [1.29, 1.82) is 0 Å². The third-order valence-corrected chi connectivity index (χ3v) is 6.18. The molecular formula is C26H32N4O3. The summed E-state index contributed by atoms with van der Waals surface area (Å²) in [6.07, 6.45) is 4.73. The second-order valence-electron chi connectivity index (χ2n) is 9.01. The van der Waals surface area contributed by atoms with Crippen LogP contribution in [-0.2, 0) is 13.0 Å². The Balaban J connectivity index is 1.44. The molecule has 1 fully saturated rings. The molecule has 7 nitrogen and oxygen atoms in total. The van der Waals surface area contributed by atoms with Gasteiger partial charge in [0.15, 0.2) is 5.69 Å². The molecule has 1 atom stereocenters. The lowest BCUT2D eigenvalue weighted by molar-refractivity contribution is 0.0693. The van der Waals surface area contributed by atoms with Crippen molar-refractivity contribution < 1.29 is 14.1 Å². The molecule has 0 bridgehead atoms. The van der Waals surface area contributed by atoms with Crippen molar-refractivity contribution in [3.8, 4) is 5.75 Å². The fraction of sp³-hybridized carbons (Fsp3) is 0.423. The molecular weight excluding hydrogens is 416 g/mol. The van der Waals surface area contributed by atoms with E-state index in [4.69, 9.17) is 14.2 Å². The van der Waals surface area contributed by atoms with Crippen LogP contribution >= 0.6 is 0 Å². The molecule has 0 N–H and O–H groups in total. The molecule has 1 saturated heterocycles. The number of carbonyl (C=O) groups is 1. The third kappa shape index (κ3) is 5.42. The minimum atomic E-state index is -0.0527. The Morgan fingerprint density at radius 3 is 2.82 bits per heavy atom. The molecule has 33 heavy (non-hydrogen) atoms. The van der Waals surface area contributed by atoms with Crippen LogP contribution in [-0.4, -0.2) is 60.1 Å². The average Bonchev–Trinajstić information content (AvgIpc) is 3.18. The van der Waals surface area contributed by atoms with Crippen LogP contribution in [0.1, 0.15) is 57.4 Å². The molecule has 1 aliphatic rings. The Morgan fingerprint density at radius 2 is 2.09 bits per heavy atom. The lowest BCUT2D eigenvalue weighted by atomic mass is 9.93. The highest BCUT2D eigenvalue weighted by Gasteiger charge is 2.30. The smallest absolute Gasteiger partial charge is 0.276 e. The van der Waals surface area contributed by atoms with Gasteiger partial charge in [0.25, 0.3) is 5.91 Å². The van der Waals surface area contributed by atoms with Gasteiger partial charge in [0, 0.05) is 43.0 Å². The summed E-state index contributed by atoms with van der Waals surface area (Å²) in [4.78, 5) is 21.9. The number of aryl methyl sites for hydroxylation is 1. The van der Waals surface area contributed by atoms with Crippen LogP contribution in [0.3, 0.4) is 0 Å². The van der Waals surface area contributed by atoms with Gasteiger partial charge >= 0.3 is 0 Å². The Morgan fingerprint density at radius 1 is 1.24 bits per heavy atom. The largest absolute Gasteiger partial charge is 0.497 e. The van der Waals surface area contributed by atoms with Crippen LogP contribution in [0, 0.1) is 6.92 Å². The first-order valence-corrected chi connectivity index (χ1v) is 11.4. The summed E-state index contributed by atoms with van der Waals surface area (Å²) in [7, 11) is 5.63. The number of benzene rings is 1. The number of amides is 1. The highest BCUT2D eigenvalue weighted by Crippen LogP contribution is 2.28. The predicted molar refractivity (Wildman–Crippen MR) is 127 cm³/mol. The van der Waals surface area contributed by atoms with Gasteiger partial charge in [-0.15, -0.1) is 0 Å². The zero-order valence-electron chi connectivity index (χ0n) is 19.9. The van der Waals surface area contributed by atoms with Crippen LogP contribution in [0.2, 0.25) is 0 Å². The van der Waals surface area contributed by atoms with Gasteiger partial charge in [0.05, 0.1) is 7.11 Å². The van der Waals surface area contributed by atoms with E-state index in [9.17, 15) is 4.79 Å². The molecule has 7 heteroatoms. The molecule has 0 unspecified atom stereocenters. The van der Waals surface area contributed by atoms with E-state index in [2.05, 4.69) is 29.4 Å². The maximum Gasteiger partial charge on any atom is 0.276 e. The second-order valence-corrected chi connectivity index (χ2v) is 9.01. The fourth-order valence-electron chi connectivity index (χ4n) is 4.41. The number of piperidine rings is 1. The Bertz CT molecular complexity index is 1090. The van der Waals surface area contributed by atoms with Crippen LogP contribution < -0.4 is 4.74 Å². The topological polar surface area (TPSA) is 71.7 Å². The van der Waals surface area contributed by atoms with Crippen molar-refractivity contribution in [2.24, 2.45) is 0 Å². The lowest BCUT2D eigenvalue weighted by Gasteiger charge is -2.32. The van der Waals surface area contributed by atoms with Gasteiger partial charge in [0.1, 0.15) is 11.5 Å². The van der Waals surface area contributed by atoms with Crippen LogP contribution in [0.4, 0.5) is 0 Å². The molecule has 2 aromatic heterocycles. The van der Waals surface area contributed by atoms with Crippen LogP contribution in [0.15, 0.2) is 47.1 Å². The Kier molecular flexibility index (Phi) is 7.08. The summed E-state index contributed by atoms with van der Waals surface area (Å²) < 4.78 is 10.7. The van der Waals surface area contributed by atoms with E-state index in [1.165, 1.54) is 5.56 Å². The summed E-state index contributed by atoms with van der Waals surface area (Å²) >= 11 is 0. The minimum absolute atomic E-state index is 0.0527. The molecule has 1 amide bonds. The normalized spacial score (nSPS) is 16.3. The van der Waals surface area contributed by atoms with Crippen molar-refractivity contribution in [2.45, 2.75) is 38.6 Å². The number of hydrogen-bond donors (Lipinski definition) is 0. The first-order chi connectivity index (χ1) is 15.9. The van der Waals surface area contributed by atoms with Crippen molar-refractivity contribution >= 4 is 5.91 Å². The minimum Gasteiger partial charge on any atom is -0.497 e.